The zero-order chi connectivity index (χ0) is 21.5. The van der Waals surface area contributed by atoms with Gasteiger partial charge in [-0.15, -0.1) is 0 Å². The first-order valence-corrected chi connectivity index (χ1v) is 10.9. The molecule has 0 saturated heterocycles. The van der Waals surface area contributed by atoms with Gasteiger partial charge in [0.25, 0.3) is 0 Å². The minimum absolute atomic E-state index is 0.664. The van der Waals surface area contributed by atoms with Gasteiger partial charge in [0.2, 0.25) is 0 Å². The molecule has 4 aromatic carbocycles. The van der Waals surface area contributed by atoms with Crippen molar-refractivity contribution in [2.24, 2.45) is 0 Å². The molecule has 0 aliphatic rings. The maximum absolute atomic E-state index is 5.62. The molecule has 0 saturated carbocycles. The molecule has 0 atom stereocenters. The summed E-state index contributed by atoms with van der Waals surface area (Å²) in [5, 5.41) is 3.53. The molecule has 32 heavy (non-hydrogen) atoms. The molecule has 2 aromatic heterocycles. The second-order valence-electron chi connectivity index (χ2n) is 7.96. The third-order valence-electron chi connectivity index (χ3n) is 5.98. The van der Waals surface area contributed by atoms with Gasteiger partial charge in [-0.05, 0) is 72.1 Å². The predicted octanol–water partition coefficient (Wildman–Crippen LogP) is 7.60. The molecule has 0 aliphatic carbocycles. The molecule has 1 N–H and O–H groups in total. The minimum Gasteiger partial charge on any atom is -0.494 e. The van der Waals surface area contributed by atoms with Gasteiger partial charge in [0.15, 0.2) is 0 Å². The smallest absolute Gasteiger partial charge is 0.119 e. The number of benzene rings is 4. The van der Waals surface area contributed by atoms with E-state index in [1.54, 1.807) is 0 Å². The van der Waals surface area contributed by atoms with Gasteiger partial charge in [-0.3, -0.25) is 0 Å². The van der Waals surface area contributed by atoms with Crippen molar-refractivity contribution in [1.29, 1.82) is 0 Å². The summed E-state index contributed by atoms with van der Waals surface area (Å²) in [6.07, 6.45) is 0. The fourth-order valence-corrected chi connectivity index (χ4v) is 4.46. The highest BCUT2D eigenvalue weighted by atomic mass is 16.5. The maximum atomic E-state index is 5.62. The van der Waals surface area contributed by atoms with Gasteiger partial charge >= 0.3 is 0 Å². The van der Waals surface area contributed by atoms with Gasteiger partial charge in [0, 0.05) is 27.4 Å². The van der Waals surface area contributed by atoms with Crippen LogP contribution in [0.2, 0.25) is 0 Å². The molecule has 6 aromatic rings. The lowest BCUT2D eigenvalue weighted by Gasteiger charge is -2.13. The molecule has 0 spiro atoms. The van der Waals surface area contributed by atoms with E-state index in [9.17, 15) is 0 Å². The van der Waals surface area contributed by atoms with E-state index in [-0.39, 0.29) is 0 Å². The molecular weight excluding hydrogens is 392 g/mol. The molecule has 0 unspecified atom stereocenters. The molecule has 6 rings (SSSR count). The summed E-state index contributed by atoms with van der Waals surface area (Å²) >= 11 is 0. The molecule has 0 bridgehead atoms. The predicted molar refractivity (Wildman–Crippen MR) is 133 cm³/mol. The number of H-pyrrole nitrogens is 1. The summed E-state index contributed by atoms with van der Waals surface area (Å²) in [4.78, 5) is 8.56. The summed E-state index contributed by atoms with van der Waals surface area (Å²) < 4.78 is 5.62. The van der Waals surface area contributed by atoms with E-state index in [0.717, 1.165) is 33.6 Å². The monoisotopic (exact) mass is 414 g/mol. The lowest BCUT2D eigenvalue weighted by molar-refractivity contribution is 0.340. The molecule has 0 radical (unpaired) electrons. The third kappa shape index (κ3) is 3.10. The summed E-state index contributed by atoms with van der Waals surface area (Å²) in [5.41, 5.74) is 7.73. The summed E-state index contributed by atoms with van der Waals surface area (Å²) in [6, 6.07) is 33.8. The van der Waals surface area contributed by atoms with Crippen molar-refractivity contribution in [2.45, 2.75) is 6.92 Å². The molecular formula is C29H22N2O. The van der Waals surface area contributed by atoms with Crippen molar-refractivity contribution in [3.05, 3.63) is 97.1 Å². The SMILES string of the molecule is CCOc1ccc(-c2cc(-c3ccccc3)c3cc4nc5ccccc5c4cc3[nH]2)cc1. The number of rotatable bonds is 4. The van der Waals surface area contributed by atoms with Crippen molar-refractivity contribution < 1.29 is 4.74 Å². The van der Waals surface area contributed by atoms with Crippen molar-refractivity contribution in [3.8, 4) is 28.1 Å². The summed E-state index contributed by atoms with van der Waals surface area (Å²) in [6.45, 7) is 2.66. The number of aromatic nitrogens is 2. The molecule has 154 valence electrons. The van der Waals surface area contributed by atoms with Crippen LogP contribution in [0.15, 0.2) is 97.1 Å². The third-order valence-corrected chi connectivity index (χ3v) is 5.98. The van der Waals surface area contributed by atoms with Crippen LogP contribution in [0, 0.1) is 0 Å². The fourth-order valence-electron chi connectivity index (χ4n) is 4.46. The largest absolute Gasteiger partial charge is 0.494 e. The van der Waals surface area contributed by atoms with E-state index < -0.39 is 0 Å². The summed E-state index contributed by atoms with van der Waals surface area (Å²) in [5.74, 6) is 0.886. The molecule has 2 heterocycles. The number of aromatic amines is 1. The summed E-state index contributed by atoms with van der Waals surface area (Å²) in [7, 11) is 0. The molecule has 3 heteroatoms. The quantitative estimate of drug-likeness (QED) is 0.322. The van der Waals surface area contributed by atoms with Gasteiger partial charge in [0.1, 0.15) is 5.75 Å². The van der Waals surface area contributed by atoms with Crippen LogP contribution in [0.4, 0.5) is 0 Å². The average Bonchev–Trinajstić information content (AvgIpc) is 3.21. The van der Waals surface area contributed by atoms with E-state index in [0.29, 0.717) is 6.61 Å². The van der Waals surface area contributed by atoms with Crippen molar-refractivity contribution in [1.82, 2.24) is 9.97 Å². The van der Waals surface area contributed by atoms with E-state index in [1.165, 1.54) is 27.3 Å². The van der Waals surface area contributed by atoms with Crippen LogP contribution in [0.5, 0.6) is 5.75 Å². The lowest BCUT2D eigenvalue weighted by Crippen LogP contribution is -1.92. The lowest BCUT2D eigenvalue weighted by atomic mass is 9.97. The number of ether oxygens (including phenoxy) is 1. The number of nitrogens with zero attached hydrogens (tertiary/aromatic N) is 1. The Morgan fingerprint density at radius 2 is 1.47 bits per heavy atom. The average molecular weight is 415 g/mol. The number of fused-ring (bicyclic) bond motifs is 4. The molecule has 3 nitrogen and oxygen atoms in total. The van der Waals surface area contributed by atoms with Crippen molar-refractivity contribution in [2.75, 3.05) is 6.61 Å². The maximum Gasteiger partial charge on any atom is 0.119 e. The first-order chi connectivity index (χ1) is 15.8. The normalized spacial score (nSPS) is 11.4. The molecule has 0 aliphatic heterocycles. The Kier molecular flexibility index (Phi) is 4.39. The van der Waals surface area contributed by atoms with Gasteiger partial charge in [-0.25, -0.2) is 4.98 Å². The van der Waals surface area contributed by atoms with Crippen LogP contribution >= 0.6 is 0 Å². The Balaban J connectivity index is 1.63. The number of hydrogen-bond acceptors (Lipinski definition) is 2. The highest BCUT2D eigenvalue weighted by Crippen LogP contribution is 2.36. The van der Waals surface area contributed by atoms with E-state index in [4.69, 9.17) is 9.72 Å². The van der Waals surface area contributed by atoms with Crippen LogP contribution < -0.4 is 4.74 Å². The Morgan fingerprint density at radius 3 is 2.28 bits per heavy atom. The van der Waals surface area contributed by atoms with Crippen LogP contribution in [0.25, 0.3) is 55.1 Å². The van der Waals surface area contributed by atoms with Crippen molar-refractivity contribution >= 4 is 32.7 Å². The van der Waals surface area contributed by atoms with Crippen LogP contribution in [-0.4, -0.2) is 16.6 Å². The van der Waals surface area contributed by atoms with Crippen LogP contribution in [0.1, 0.15) is 6.92 Å². The number of nitrogens with one attached hydrogen (secondary N) is 1. The first kappa shape index (κ1) is 18.6. The second-order valence-corrected chi connectivity index (χ2v) is 7.96. The zero-order valence-electron chi connectivity index (χ0n) is 17.8. The number of hydrogen-bond donors (Lipinski definition) is 1. The topological polar surface area (TPSA) is 37.9 Å². The Bertz CT molecular complexity index is 1560. The standard InChI is InChI=1S/C29H22N2O/c1-2-32-21-14-12-20(13-15-21)27-16-23(19-8-4-3-5-9-19)25-18-28-24(17-29(25)31-27)22-10-6-7-11-26(22)30-28/h3-18,31H,2H2,1H3. The van der Waals surface area contributed by atoms with Gasteiger partial charge in [-0.1, -0.05) is 48.5 Å². The Morgan fingerprint density at radius 1 is 0.688 bits per heavy atom. The number of para-hydroxylation sites is 1. The van der Waals surface area contributed by atoms with Crippen LogP contribution in [-0.2, 0) is 0 Å². The van der Waals surface area contributed by atoms with E-state index in [2.05, 4.69) is 83.8 Å². The molecule has 0 fully saturated rings. The highest BCUT2D eigenvalue weighted by molar-refractivity contribution is 6.13. The van der Waals surface area contributed by atoms with Crippen molar-refractivity contribution in [3.63, 3.8) is 0 Å². The first-order valence-electron chi connectivity index (χ1n) is 10.9. The van der Waals surface area contributed by atoms with E-state index in [1.807, 2.05) is 25.1 Å². The highest BCUT2D eigenvalue weighted by Gasteiger charge is 2.13. The fraction of sp³-hybridized carbons (Fsp3) is 0.0690. The Labute approximate surface area is 186 Å². The van der Waals surface area contributed by atoms with Gasteiger partial charge in [0.05, 0.1) is 17.6 Å². The zero-order valence-corrected chi connectivity index (χ0v) is 17.8. The molecule has 0 amide bonds. The van der Waals surface area contributed by atoms with Crippen LogP contribution in [0.3, 0.4) is 0 Å². The van der Waals surface area contributed by atoms with Gasteiger partial charge < -0.3 is 9.72 Å². The van der Waals surface area contributed by atoms with Gasteiger partial charge in [-0.2, -0.15) is 0 Å². The minimum atomic E-state index is 0.664. The second kappa shape index (κ2) is 7.54. The number of pyridine rings is 1. The Hall–Kier alpha value is -4.11. The van der Waals surface area contributed by atoms with E-state index >= 15 is 0 Å².